The maximum atomic E-state index is 5.27. The van der Waals surface area contributed by atoms with Gasteiger partial charge in [-0.05, 0) is 37.7 Å². The molecule has 0 aliphatic rings. The highest BCUT2D eigenvalue weighted by atomic mass is 16.5. The molecule has 2 aromatic rings. The number of methoxy groups -OCH3 is 1. The third-order valence-corrected chi connectivity index (χ3v) is 3.05. The smallest absolute Gasteiger partial charge is 0.119 e. The van der Waals surface area contributed by atoms with Crippen LogP contribution < -0.4 is 10.1 Å². The largest absolute Gasteiger partial charge is 0.497 e. The number of rotatable bonds is 4. The summed E-state index contributed by atoms with van der Waals surface area (Å²) in [7, 11) is 5.60. The molecule has 4 nitrogen and oxygen atoms in total. The molecule has 96 valence electrons. The van der Waals surface area contributed by atoms with Crippen LogP contribution >= 0.6 is 0 Å². The molecule has 4 heteroatoms. The normalized spacial score (nSPS) is 12.4. The zero-order valence-corrected chi connectivity index (χ0v) is 11.3. The molecule has 1 aromatic carbocycles. The first-order chi connectivity index (χ1) is 8.65. The number of ether oxygens (including phenoxy) is 1. The van der Waals surface area contributed by atoms with Crippen LogP contribution in [0.25, 0.3) is 0 Å². The molecule has 18 heavy (non-hydrogen) atoms. The van der Waals surface area contributed by atoms with Gasteiger partial charge in [0.15, 0.2) is 0 Å². The van der Waals surface area contributed by atoms with E-state index in [0.29, 0.717) is 0 Å². The second-order valence-corrected chi connectivity index (χ2v) is 4.33. The Balaban J connectivity index is 2.41. The Morgan fingerprint density at radius 3 is 2.67 bits per heavy atom. The Bertz CT molecular complexity index is 534. The van der Waals surface area contributed by atoms with Gasteiger partial charge in [0.05, 0.1) is 24.5 Å². The number of hydrogen-bond donors (Lipinski definition) is 1. The maximum absolute atomic E-state index is 5.27. The molecule has 0 saturated heterocycles. The summed E-state index contributed by atoms with van der Waals surface area (Å²) in [6.45, 7) is 2.00. The molecular formula is C14H19N3O. The molecule has 0 bridgehead atoms. The molecule has 0 saturated carbocycles. The van der Waals surface area contributed by atoms with Gasteiger partial charge in [-0.3, -0.25) is 4.68 Å². The van der Waals surface area contributed by atoms with Crippen molar-refractivity contribution in [3.8, 4) is 5.75 Å². The zero-order chi connectivity index (χ0) is 13.1. The van der Waals surface area contributed by atoms with Crippen molar-refractivity contribution in [3.63, 3.8) is 0 Å². The van der Waals surface area contributed by atoms with E-state index < -0.39 is 0 Å². The van der Waals surface area contributed by atoms with Gasteiger partial charge in [0.1, 0.15) is 5.75 Å². The number of nitrogens with one attached hydrogen (secondary N) is 1. The van der Waals surface area contributed by atoms with Crippen molar-refractivity contribution in [2.24, 2.45) is 7.05 Å². The van der Waals surface area contributed by atoms with Gasteiger partial charge < -0.3 is 10.1 Å². The van der Waals surface area contributed by atoms with Crippen molar-refractivity contribution in [3.05, 3.63) is 47.3 Å². The lowest BCUT2D eigenvalue weighted by atomic mass is 10.0. The number of hydrogen-bond acceptors (Lipinski definition) is 3. The van der Waals surface area contributed by atoms with E-state index in [1.54, 1.807) is 7.11 Å². The molecule has 0 aliphatic heterocycles. The van der Waals surface area contributed by atoms with Crippen LogP contribution in [0.5, 0.6) is 5.75 Å². The zero-order valence-electron chi connectivity index (χ0n) is 11.3. The minimum absolute atomic E-state index is 0.117. The van der Waals surface area contributed by atoms with Gasteiger partial charge in [0.2, 0.25) is 0 Å². The molecule has 1 heterocycles. The Hall–Kier alpha value is -1.81. The topological polar surface area (TPSA) is 39.1 Å². The van der Waals surface area contributed by atoms with Gasteiger partial charge in [-0.2, -0.15) is 5.10 Å². The first kappa shape index (κ1) is 12.6. The monoisotopic (exact) mass is 245 g/mol. The number of aryl methyl sites for hydroxylation is 2. The lowest BCUT2D eigenvalue weighted by molar-refractivity contribution is 0.413. The van der Waals surface area contributed by atoms with Gasteiger partial charge >= 0.3 is 0 Å². The summed E-state index contributed by atoms with van der Waals surface area (Å²) in [5, 5.41) is 7.72. The molecule has 1 unspecified atom stereocenters. The quantitative estimate of drug-likeness (QED) is 0.896. The van der Waals surface area contributed by atoms with Crippen molar-refractivity contribution in [2.45, 2.75) is 13.0 Å². The van der Waals surface area contributed by atoms with E-state index in [4.69, 9.17) is 4.74 Å². The van der Waals surface area contributed by atoms with E-state index in [1.807, 2.05) is 43.9 Å². The first-order valence-electron chi connectivity index (χ1n) is 5.97. The average Bonchev–Trinajstić information content (AvgIpc) is 2.70. The fourth-order valence-electron chi connectivity index (χ4n) is 2.21. The first-order valence-corrected chi connectivity index (χ1v) is 5.97. The molecule has 1 N–H and O–H groups in total. The highest BCUT2D eigenvalue weighted by Gasteiger charge is 2.16. The molecular weight excluding hydrogens is 226 g/mol. The summed E-state index contributed by atoms with van der Waals surface area (Å²) in [6.07, 6.45) is 0. The summed E-state index contributed by atoms with van der Waals surface area (Å²) in [5.41, 5.74) is 3.33. The number of nitrogens with zero attached hydrogens (tertiary/aromatic N) is 2. The van der Waals surface area contributed by atoms with Crippen LogP contribution in [-0.2, 0) is 7.05 Å². The molecule has 0 aliphatic carbocycles. The lowest BCUT2D eigenvalue weighted by Crippen LogP contribution is -2.20. The Morgan fingerprint density at radius 1 is 1.33 bits per heavy atom. The van der Waals surface area contributed by atoms with Gasteiger partial charge in [-0.25, -0.2) is 0 Å². The second kappa shape index (κ2) is 5.23. The predicted molar refractivity (Wildman–Crippen MR) is 71.8 cm³/mol. The molecule has 0 spiro atoms. The van der Waals surface area contributed by atoms with Gasteiger partial charge in [-0.15, -0.1) is 0 Å². The molecule has 0 radical (unpaired) electrons. The summed E-state index contributed by atoms with van der Waals surface area (Å²) in [4.78, 5) is 0. The Labute approximate surface area is 108 Å². The van der Waals surface area contributed by atoms with Crippen LogP contribution in [0.2, 0.25) is 0 Å². The van der Waals surface area contributed by atoms with E-state index in [2.05, 4.69) is 22.5 Å². The minimum atomic E-state index is 0.117. The highest BCUT2D eigenvalue weighted by molar-refractivity contribution is 5.35. The summed E-state index contributed by atoms with van der Waals surface area (Å²) < 4.78 is 7.18. The van der Waals surface area contributed by atoms with Gasteiger partial charge in [-0.1, -0.05) is 12.1 Å². The highest BCUT2D eigenvalue weighted by Crippen LogP contribution is 2.25. The molecule has 1 aromatic heterocycles. The van der Waals surface area contributed by atoms with Crippen LogP contribution in [0.4, 0.5) is 0 Å². The third kappa shape index (κ3) is 2.38. The molecule has 1 atom stereocenters. The maximum Gasteiger partial charge on any atom is 0.119 e. The van der Waals surface area contributed by atoms with Crippen LogP contribution in [0.3, 0.4) is 0 Å². The fourth-order valence-corrected chi connectivity index (χ4v) is 2.21. The van der Waals surface area contributed by atoms with E-state index in [0.717, 1.165) is 17.1 Å². The van der Waals surface area contributed by atoms with Crippen LogP contribution in [0.1, 0.15) is 23.0 Å². The van der Waals surface area contributed by atoms with Crippen LogP contribution in [0, 0.1) is 6.92 Å². The standard InChI is InChI=1S/C14H19N3O/c1-10-8-13(17(3)16-10)14(15-2)11-6-5-7-12(9-11)18-4/h5-9,14-15H,1-4H3. The predicted octanol–water partition coefficient (Wildman–Crippen LogP) is 2.05. The van der Waals surface area contributed by atoms with Crippen molar-refractivity contribution in [1.82, 2.24) is 15.1 Å². The van der Waals surface area contributed by atoms with Crippen molar-refractivity contribution >= 4 is 0 Å². The molecule has 0 amide bonds. The summed E-state index contributed by atoms with van der Waals surface area (Å²) in [6, 6.07) is 10.3. The van der Waals surface area contributed by atoms with E-state index in [-0.39, 0.29) is 6.04 Å². The fraction of sp³-hybridized carbons (Fsp3) is 0.357. The number of aromatic nitrogens is 2. The van der Waals surface area contributed by atoms with Crippen molar-refractivity contribution in [2.75, 3.05) is 14.2 Å². The van der Waals surface area contributed by atoms with E-state index >= 15 is 0 Å². The van der Waals surface area contributed by atoms with Crippen molar-refractivity contribution in [1.29, 1.82) is 0 Å². The van der Waals surface area contributed by atoms with Crippen molar-refractivity contribution < 1.29 is 4.74 Å². The lowest BCUT2D eigenvalue weighted by Gasteiger charge is -2.17. The Morgan fingerprint density at radius 2 is 2.11 bits per heavy atom. The van der Waals surface area contributed by atoms with Gasteiger partial charge in [0, 0.05) is 7.05 Å². The molecule has 2 rings (SSSR count). The van der Waals surface area contributed by atoms with Crippen LogP contribution in [0.15, 0.2) is 30.3 Å². The third-order valence-electron chi connectivity index (χ3n) is 3.05. The van der Waals surface area contributed by atoms with E-state index in [1.165, 1.54) is 5.56 Å². The van der Waals surface area contributed by atoms with Crippen LogP contribution in [-0.4, -0.2) is 23.9 Å². The average molecular weight is 245 g/mol. The summed E-state index contributed by atoms with van der Waals surface area (Å²) >= 11 is 0. The number of benzene rings is 1. The second-order valence-electron chi connectivity index (χ2n) is 4.33. The minimum Gasteiger partial charge on any atom is -0.497 e. The van der Waals surface area contributed by atoms with Gasteiger partial charge in [0.25, 0.3) is 0 Å². The Kier molecular flexibility index (Phi) is 3.67. The molecule has 0 fully saturated rings. The summed E-state index contributed by atoms with van der Waals surface area (Å²) in [5.74, 6) is 0.867. The van der Waals surface area contributed by atoms with E-state index in [9.17, 15) is 0 Å². The SMILES string of the molecule is CNC(c1cccc(OC)c1)c1cc(C)nn1C.